The molecule has 1 amide bonds. The number of hydrogen-bond donors (Lipinski definition) is 1. The molecule has 1 aromatic heterocycles. The zero-order valence-corrected chi connectivity index (χ0v) is 16.5. The normalized spacial score (nSPS) is 11.6. The Hall–Kier alpha value is -4.04. The van der Waals surface area contributed by atoms with E-state index in [0.717, 1.165) is 22.1 Å². The predicted molar refractivity (Wildman–Crippen MR) is 114 cm³/mol. The van der Waals surface area contributed by atoms with Gasteiger partial charge in [0.2, 0.25) is 0 Å². The Labute approximate surface area is 174 Å². The van der Waals surface area contributed by atoms with Gasteiger partial charge < -0.3 is 14.5 Å². The van der Waals surface area contributed by atoms with Gasteiger partial charge in [-0.2, -0.15) is 5.26 Å². The van der Waals surface area contributed by atoms with Crippen LogP contribution in [-0.4, -0.2) is 5.91 Å². The molecule has 4 rings (SSSR count). The quantitative estimate of drug-likeness (QED) is 0.475. The number of nitriles is 1. The molecule has 0 aliphatic heterocycles. The first-order valence-corrected chi connectivity index (χ1v) is 9.63. The van der Waals surface area contributed by atoms with Gasteiger partial charge in [-0.15, -0.1) is 0 Å². The van der Waals surface area contributed by atoms with Crippen molar-refractivity contribution < 1.29 is 13.9 Å². The van der Waals surface area contributed by atoms with E-state index in [1.165, 1.54) is 0 Å². The second-order valence-electron chi connectivity index (χ2n) is 6.99. The number of fused-ring (bicyclic) bond motifs is 1. The molecule has 5 heteroatoms. The number of carbonyl (C=O) groups is 1. The molecule has 1 heterocycles. The van der Waals surface area contributed by atoms with Gasteiger partial charge in [-0.3, -0.25) is 4.79 Å². The van der Waals surface area contributed by atoms with Crippen LogP contribution in [-0.2, 0) is 6.61 Å². The van der Waals surface area contributed by atoms with E-state index in [9.17, 15) is 4.79 Å². The van der Waals surface area contributed by atoms with E-state index in [1.54, 1.807) is 24.3 Å². The number of rotatable bonds is 6. The lowest BCUT2D eigenvalue weighted by Crippen LogP contribution is -2.26. The molecule has 1 atom stereocenters. The molecule has 0 bridgehead atoms. The molecule has 0 saturated heterocycles. The number of furan rings is 1. The van der Waals surface area contributed by atoms with Gasteiger partial charge in [-0.25, -0.2) is 0 Å². The van der Waals surface area contributed by atoms with E-state index in [2.05, 4.69) is 17.5 Å². The minimum absolute atomic E-state index is 0.215. The number of carbonyl (C=O) groups excluding carboxylic acids is 1. The minimum atomic E-state index is -0.302. The highest BCUT2D eigenvalue weighted by molar-refractivity contribution is 5.91. The summed E-state index contributed by atoms with van der Waals surface area (Å²) in [5.74, 6) is 1.24. The highest BCUT2D eigenvalue weighted by Gasteiger charge is 2.15. The van der Waals surface area contributed by atoms with Gasteiger partial charge in [-0.05, 0) is 59.7 Å². The molecule has 148 valence electrons. The molecule has 3 aromatic carbocycles. The van der Waals surface area contributed by atoms with Crippen molar-refractivity contribution in [1.29, 1.82) is 5.26 Å². The molecule has 0 radical (unpaired) electrons. The van der Waals surface area contributed by atoms with E-state index < -0.39 is 0 Å². The summed E-state index contributed by atoms with van der Waals surface area (Å²) in [6.45, 7) is 2.11. The van der Waals surface area contributed by atoms with Crippen LogP contribution in [0, 0.1) is 11.3 Å². The van der Waals surface area contributed by atoms with Gasteiger partial charge >= 0.3 is 0 Å². The van der Waals surface area contributed by atoms with Gasteiger partial charge in [0.1, 0.15) is 18.1 Å². The fourth-order valence-electron chi connectivity index (χ4n) is 3.19. The fourth-order valence-corrected chi connectivity index (χ4v) is 3.19. The smallest absolute Gasteiger partial charge is 0.287 e. The third-order valence-electron chi connectivity index (χ3n) is 4.87. The maximum absolute atomic E-state index is 12.5. The molecule has 0 fully saturated rings. The first-order valence-electron chi connectivity index (χ1n) is 9.63. The topological polar surface area (TPSA) is 75.3 Å². The molecular formula is C25H20N2O3. The van der Waals surface area contributed by atoms with Crippen LogP contribution in [0.1, 0.15) is 40.4 Å². The number of hydrogen-bond acceptors (Lipinski definition) is 4. The van der Waals surface area contributed by atoms with Crippen LogP contribution in [0.2, 0.25) is 0 Å². The molecule has 30 heavy (non-hydrogen) atoms. The van der Waals surface area contributed by atoms with Gasteiger partial charge in [-0.1, -0.05) is 42.5 Å². The molecule has 1 N–H and O–H groups in total. The minimum Gasteiger partial charge on any atom is -0.486 e. The summed E-state index contributed by atoms with van der Waals surface area (Å²) in [5.41, 5.74) is 1.49. The summed E-state index contributed by atoms with van der Waals surface area (Å²) in [6.07, 6.45) is 0. The molecule has 0 saturated carbocycles. The van der Waals surface area contributed by atoms with Crippen molar-refractivity contribution in [3.05, 3.63) is 102 Å². The van der Waals surface area contributed by atoms with Crippen molar-refractivity contribution in [3.8, 4) is 11.8 Å². The Balaban J connectivity index is 1.36. The fraction of sp³-hybridized carbons (Fsp3) is 0.120. The Kier molecular flexibility index (Phi) is 5.49. The SMILES string of the molecule is CC(NC(=O)c1ccc(COc2ccc3ccccc3c2)o1)c1ccc(C#N)cc1. The summed E-state index contributed by atoms with van der Waals surface area (Å²) in [5, 5.41) is 14.0. The van der Waals surface area contributed by atoms with Crippen LogP contribution in [0.4, 0.5) is 0 Å². The van der Waals surface area contributed by atoms with Crippen molar-refractivity contribution in [2.75, 3.05) is 0 Å². The first kappa shape index (κ1) is 19.3. The third kappa shape index (κ3) is 4.34. The first-order chi connectivity index (χ1) is 14.6. The number of nitrogens with zero attached hydrogens (tertiary/aromatic N) is 1. The van der Waals surface area contributed by atoms with E-state index in [0.29, 0.717) is 11.3 Å². The molecule has 0 aliphatic rings. The van der Waals surface area contributed by atoms with Gasteiger partial charge in [0.25, 0.3) is 5.91 Å². The van der Waals surface area contributed by atoms with Crippen molar-refractivity contribution >= 4 is 16.7 Å². The summed E-state index contributed by atoms with van der Waals surface area (Å²) >= 11 is 0. The van der Waals surface area contributed by atoms with Crippen LogP contribution in [0.5, 0.6) is 5.75 Å². The molecule has 5 nitrogen and oxygen atoms in total. The monoisotopic (exact) mass is 396 g/mol. The number of nitrogens with one attached hydrogen (secondary N) is 1. The maximum Gasteiger partial charge on any atom is 0.287 e. The van der Waals surface area contributed by atoms with Gasteiger partial charge in [0.15, 0.2) is 5.76 Å². The van der Waals surface area contributed by atoms with Crippen molar-refractivity contribution in [2.24, 2.45) is 0 Å². The Bertz CT molecular complexity index is 1220. The lowest BCUT2D eigenvalue weighted by Gasteiger charge is -2.13. The standard InChI is InChI=1S/C25H20N2O3/c1-17(19-8-6-18(15-26)7-9-19)27-25(28)24-13-12-23(30-24)16-29-22-11-10-20-4-2-3-5-21(20)14-22/h2-14,17H,16H2,1H3,(H,27,28). The number of amides is 1. The van der Waals surface area contributed by atoms with E-state index >= 15 is 0 Å². The Morgan fingerprint density at radius 3 is 2.57 bits per heavy atom. The maximum atomic E-state index is 12.5. The van der Waals surface area contributed by atoms with Crippen LogP contribution >= 0.6 is 0 Å². The zero-order valence-electron chi connectivity index (χ0n) is 16.5. The van der Waals surface area contributed by atoms with Crippen LogP contribution in [0.15, 0.2) is 83.3 Å². The molecule has 4 aromatic rings. The summed E-state index contributed by atoms with van der Waals surface area (Å²) in [7, 11) is 0. The number of ether oxygens (including phenoxy) is 1. The summed E-state index contributed by atoms with van der Waals surface area (Å²) in [6, 6.07) is 26.3. The highest BCUT2D eigenvalue weighted by Crippen LogP contribution is 2.22. The molecule has 0 spiro atoms. The Morgan fingerprint density at radius 2 is 1.80 bits per heavy atom. The molecule has 0 aliphatic carbocycles. The lowest BCUT2D eigenvalue weighted by molar-refractivity contribution is 0.0907. The second kappa shape index (κ2) is 8.54. The average molecular weight is 396 g/mol. The predicted octanol–water partition coefficient (Wildman–Crippen LogP) is 5.37. The molecular weight excluding hydrogens is 376 g/mol. The lowest BCUT2D eigenvalue weighted by atomic mass is 10.1. The van der Waals surface area contributed by atoms with E-state index in [4.69, 9.17) is 14.4 Å². The van der Waals surface area contributed by atoms with Gasteiger partial charge in [0, 0.05) is 0 Å². The largest absolute Gasteiger partial charge is 0.486 e. The summed E-state index contributed by atoms with van der Waals surface area (Å²) in [4.78, 5) is 12.5. The van der Waals surface area contributed by atoms with Crippen molar-refractivity contribution in [2.45, 2.75) is 19.6 Å². The van der Waals surface area contributed by atoms with E-state index in [1.807, 2.05) is 55.5 Å². The van der Waals surface area contributed by atoms with E-state index in [-0.39, 0.29) is 24.3 Å². The number of benzene rings is 3. The molecule has 1 unspecified atom stereocenters. The van der Waals surface area contributed by atoms with Crippen molar-refractivity contribution in [1.82, 2.24) is 5.32 Å². The zero-order chi connectivity index (χ0) is 20.9. The summed E-state index contributed by atoms with van der Waals surface area (Å²) < 4.78 is 11.5. The Morgan fingerprint density at radius 1 is 1.03 bits per heavy atom. The van der Waals surface area contributed by atoms with Crippen LogP contribution in [0.3, 0.4) is 0 Å². The second-order valence-corrected chi connectivity index (χ2v) is 6.99. The van der Waals surface area contributed by atoms with Crippen LogP contribution < -0.4 is 10.1 Å². The third-order valence-corrected chi connectivity index (χ3v) is 4.87. The van der Waals surface area contributed by atoms with Gasteiger partial charge in [0.05, 0.1) is 17.7 Å². The van der Waals surface area contributed by atoms with Crippen molar-refractivity contribution in [3.63, 3.8) is 0 Å². The van der Waals surface area contributed by atoms with Crippen LogP contribution in [0.25, 0.3) is 10.8 Å². The average Bonchev–Trinajstić information content (AvgIpc) is 3.27. The highest BCUT2D eigenvalue weighted by atomic mass is 16.5.